The molecule has 2 aliphatic rings. The Morgan fingerprint density at radius 1 is 1.56 bits per heavy atom. The first-order valence-electron chi connectivity index (χ1n) is 5.86. The average molecular weight is 285 g/mol. The molecule has 0 radical (unpaired) electrons. The van der Waals surface area contributed by atoms with E-state index in [1.807, 2.05) is 7.05 Å². The van der Waals surface area contributed by atoms with Gasteiger partial charge in [-0.25, -0.2) is 8.93 Å². The van der Waals surface area contributed by atoms with Crippen molar-refractivity contribution in [3.63, 3.8) is 0 Å². The maximum Gasteiger partial charge on any atom is 0.167 e. The average Bonchev–Trinajstić information content (AvgIpc) is 2.89. The van der Waals surface area contributed by atoms with Crippen LogP contribution in [0.25, 0.3) is 0 Å². The van der Waals surface area contributed by atoms with Crippen LogP contribution >= 0.6 is 11.8 Å². The van der Waals surface area contributed by atoms with E-state index in [0.29, 0.717) is 11.6 Å². The van der Waals surface area contributed by atoms with Gasteiger partial charge in [-0.1, -0.05) is 0 Å². The summed E-state index contributed by atoms with van der Waals surface area (Å²) < 4.78 is 17.2. The molecular weight excluding hydrogens is 270 g/mol. The fourth-order valence-corrected chi connectivity index (χ4v) is 5.32. The first kappa shape index (κ1) is 12.4. The number of nitrogens with one attached hydrogen (secondary N) is 2. The van der Waals surface area contributed by atoms with Gasteiger partial charge in [-0.15, -0.1) is 11.8 Å². The summed E-state index contributed by atoms with van der Waals surface area (Å²) in [6.45, 7) is 1.81. The minimum Gasteiger partial charge on any atom is -0.346 e. The smallest absolute Gasteiger partial charge is 0.167 e. The van der Waals surface area contributed by atoms with E-state index in [0.717, 1.165) is 34.9 Å². The molecule has 3 unspecified atom stereocenters. The highest BCUT2D eigenvalue weighted by Gasteiger charge is 2.33. The summed E-state index contributed by atoms with van der Waals surface area (Å²) in [5.74, 6) is 1.41. The second-order valence-corrected chi connectivity index (χ2v) is 6.90. The third-order valence-electron chi connectivity index (χ3n) is 3.50. The van der Waals surface area contributed by atoms with Gasteiger partial charge in [0.05, 0.1) is 15.5 Å². The monoisotopic (exact) mass is 285 g/mol. The summed E-state index contributed by atoms with van der Waals surface area (Å²) in [7, 11) is 0.578. The van der Waals surface area contributed by atoms with Crippen LogP contribution in [0.15, 0.2) is 16.0 Å². The largest absolute Gasteiger partial charge is 0.346 e. The van der Waals surface area contributed by atoms with Crippen LogP contribution in [0.5, 0.6) is 0 Å². The molecule has 5 nitrogen and oxygen atoms in total. The summed E-state index contributed by atoms with van der Waals surface area (Å²) >= 11 is 1.65. The van der Waals surface area contributed by atoms with Crippen molar-refractivity contribution in [2.45, 2.75) is 15.8 Å². The fourth-order valence-electron chi connectivity index (χ4n) is 2.44. The van der Waals surface area contributed by atoms with E-state index in [1.54, 1.807) is 22.5 Å². The Morgan fingerprint density at radius 2 is 2.39 bits per heavy atom. The van der Waals surface area contributed by atoms with Gasteiger partial charge in [0.2, 0.25) is 0 Å². The van der Waals surface area contributed by atoms with Gasteiger partial charge < -0.3 is 9.88 Å². The van der Waals surface area contributed by atoms with Crippen LogP contribution in [0.4, 0.5) is 0 Å². The summed E-state index contributed by atoms with van der Waals surface area (Å²) in [6.07, 6.45) is 2.63. The van der Waals surface area contributed by atoms with Gasteiger partial charge in [-0.3, -0.25) is 4.79 Å². The Hall–Kier alpha value is -0.630. The number of hydrogen-bond donors (Lipinski definition) is 2. The standard InChI is InChI=1S/C11H15N3O2S2/c1-14-4-10-11(9(14)5-15)17-6-7-2-12-3-8(7)13-18(10)16/h4-5,7-8,12-13H,2-3,6H2,1H3. The van der Waals surface area contributed by atoms with Gasteiger partial charge in [0, 0.05) is 38.1 Å². The number of aldehydes is 1. The minimum absolute atomic E-state index is 0.256. The molecule has 0 aromatic carbocycles. The van der Waals surface area contributed by atoms with Crippen molar-refractivity contribution in [2.24, 2.45) is 13.0 Å². The molecule has 1 saturated heterocycles. The highest BCUT2D eigenvalue weighted by atomic mass is 32.2. The summed E-state index contributed by atoms with van der Waals surface area (Å²) in [6, 6.07) is 0.256. The Labute approximate surface area is 112 Å². The lowest BCUT2D eigenvalue weighted by Crippen LogP contribution is -2.39. The molecule has 0 spiro atoms. The number of aromatic nitrogens is 1. The number of fused-ring (bicyclic) bond motifs is 2. The van der Waals surface area contributed by atoms with Gasteiger partial charge >= 0.3 is 0 Å². The van der Waals surface area contributed by atoms with E-state index in [2.05, 4.69) is 10.0 Å². The fraction of sp³-hybridized carbons (Fsp3) is 0.545. The molecule has 7 heteroatoms. The van der Waals surface area contributed by atoms with Crippen LogP contribution in [0.2, 0.25) is 0 Å². The van der Waals surface area contributed by atoms with Crippen LogP contribution in [0.1, 0.15) is 10.5 Å². The van der Waals surface area contributed by atoms with Crippen molar-refractivity contribution in [2.75, 3.05) is 18.8 Å². The molecule has 3 rings (SSSR count). The summed E-state index contributed by atoms with van der Waals surface area (Å²) in [5, 5.41) is 3.31. The summed E-state index contributed by atoms with van der Waals surface area (Å²) in [4.78, 5) is 12.7. The third kappa shape index (κ3) is 1.95. The lowest BCUT2D eigenvalue weighted by molar-refractivity contribution is 0.111. The first-order valence-corrected chi connectivity index (χ1v) is 8.00. The number of aryl methyl sites for hydroxylation is 1. The predicted octanol–water partition coefficient (Wildman–Crippen LogP) is 0.143. The zero-order chi connectivity index (χ0) is 12.7. The number of carbonyl (C=O) groups is 1. The van der Waals surface area contributed by atoms with E-state index >= 15 is 0 Å². The number of rotatable bonds is 1. The maximum absolute atomic E-state index is 12.3. The van der Waals surface area contributed by atoms with Crippen molar-refractivity contribution in [3.8, 4) is 0 Å². The molecule has 2 N–H and O–H groups in total. The molecule has 1 fully saturated rings. The zero-order valence-corrected chi connectivity index (χ0v) is 11.6. The third-order valence-corrected chi connectivity index (χ3v) is 6.17. The zero-order valence-electron chi connectivity index (χ0n) is 10.0. The van der Waals surface area contributed by atoms with E-state index in [9.17, 15) is 9.00 Å². The van der Waals surface area contributed by atoms with Crippen molar-refractivity contribution in [1.82, 2.24) is 14.6 Å². The van der Waals surface area contributed by atoms with Gasteiger partial charge in [-0.05, 0) is 5.92 Å². The highest BCUT2D eigenvalue weighted by Crippen LogP contribution is 2.34. The lowest BCUT2D eigenvalue weighted by Gasteiger charge is -2.22. The Kier molecular flexibility index (Phi) is 3.31. The molecule has 1 aromatic rings. The van der Waals surface area contributed by atoms with Crippen LogP contribution in [-0.2, 0) is 18.0 Å². The van der Waals surface area contributed by atoms with Crippen LogP contribution in [0.3, 0.4) is 0 Å². The van der Waals surface area contributed by atoms with E-state index in [4.69, 9.17) is 0 Å². The van der Waals surface area contributed by atoms with Crippen LogP contribution < -0.4 is 10.0 Å². The van der Waals surface area contributed by atoms with E-state index < -0.39 is 11.0 Å². The molecule has 0 amide bonds. The van der Waals surface area contributed by atoms with Crippen LogP contribution in [0, 0.1) is 5.92 Å². The molecule has 1 aromatic heterocycles. The van der Waals surface area contributed by atoms with Gasteiger partial charge in [-0.2, -0.15) is 0 Å². The van der Waals surface area contributed by atoms with Crippen molar-refractivity contribution in [1.29, 1.82) is 0 Å². The number of carbonyl (C=O) groups excluding carboxylic acids is 1. The molecule has 18 heavy (non-hydrogen) atoms. The van der Waals surface area contributed by atoms with Gasteiger partial charge in [0.25, 0.3) is 0 Å². The topological polar surface area (TPSA) is 63.1 Å². The first-order chi connectivity index (χ1) is 8.70. The van der Waals surface area contributed by atoms with Crippen molar-refractivity contribution >= 4 is 29.0 Å². The normalized spacial score (nSPS) is 31.3. The van der Waals surface area contributed by atoms with Crippen LogP contribution in [-0.4, -0.2) is 39.9 Å². The number of nitrogens with zero attached hydrogens (tertiary/aromatic N) is 1. The molecule has 0 aliphatic carbocycles. The summed E-state index contributed by atoms with van der Waals surface area (Å²) in [5.41, 5.74) is 0.620. The molecule has 3 atom stereocenters. The Balaban J connectivity index is 2.01. The Bertz CT molecular complexity index is 515. The minimum atomic E-state index is -1.24. The van der Waals surface area contributed by atoms with Crippen molar-refractivity contribution in [3.05, 3.63) is 11.9 Å². The second kappa shape index (κ2) is 4.80. The Morgan fingerprint density at radius 3 is 3.17 bits per heavy atom. The number of thioether (sulfide) groups is 1. The molecular formula is C11H15N3O2S2. The van der Waals surface area contributed by atoms with Crippen molar-refractivity contribution < 1.29 is 9.00 Å². The van der Waals surface area contributed by atoms with E-state index in [-0.39, 0.29) is 6.04 Å². The molecule has 0 saturated carbocycles. The van der Waals surface area contributed by atoms with Gasteiger partial charge in [0.15, 0.2) is 6.29 Å². The lowest BCUT2D eigenvalue weighted by atomic mass is 10.1. The molecule has 3 heterocycles. The second-order valence-electron chi connectivity index (χ2n) is 4.66. The molecule has 0 bridgehead atoms. The highest BCUT2D eigenvalue weighted by molar-refractivity contribution is 8.00. The quantitative estimate of drug-likeness (QED) is 0.721. The number of hydrogen-bond acceptors (Lipinski definition) is 4. The SMILES string of the molecule is Cn1cc2c(c1C=O)SCC1CNCC1NS2=O. The predicted molar refractivity (Wildman–Crippen MR) is 71.2 cm³/mol. The van der Waals surface area contributed by atoms with E-state index in [1.165, 1.54) is 0 Å². The van der Waals surface area contributed by atoms with Gasteiger partial charge in [0.1, 0.15) is 11.0 Å². The molecule has 98 valence electrons. The molecule has 2 aliphatic heterocycles. The maximum atomic E-state index is 12.3.